The molecule has 0 heterocycles. The van der Waals surface area contributed by atoms with Gasteiger partial charge in [-0.1, -0.05) is 36.4 Å². The number of halogens is 1. The highest BCUT2D eigenvalue weighted by atomic mass is 19.1. The lowest BCUT2D eigenvalue weighted by molar-refractivity contribution is -0.140. The van der Waals surface area contributed by atoms with Crippen LogP contribution in [0.4, 0.5) is 4.39 Å². The maximum Gasteiger partial charge on any atom is 0.305 e. The summed E-state index contributed by atoms with van der Waals surface area (Å²) in [6, 6.07) is 13.4. The summed E-state index contributed by atoms with van der Waals surface area (Å²) >= 11 is 0. The number of methoxy groups -OCH3 is 1. The van der Waals surface area contributed by atoms with E-state index >= 15 is 0 Å². The van der Waals surface area contributed by atoms with Crippen molar-refractivity contribution in [2.75, 3.05) is 7.11 Å². The molecule has 0 spiro atoms. The van der Waals surface area contributed by atoms with Gasteiger partial charge in [-0.2, -0.15) is 0 Å². The minimum absolute atomic E-state index is 0.205. The number of rotatable bonds is 6. The monoisotopic (exact) mass is 302 g/mol. The lowest BCUT2D eigenvalue weighted by atomic mass is 9.99. The molecule has 2 aromatic rings. The maximum absolute atomic E-state index is 12.9. The zero-order valence-electron chi connectivity index (χ0n) is 12.5. The van der Waals surface area contributed by atoms with Gasteiger partial charge in [0.05, 0.1) is 7.11 Å². The average Bonchev–Trinajstić information content (AvgIpc) is 2.55. The van der Waals surface area contributed by atoms with Crippen LogP contribution in [0.1, 0.15) is 35.6 Å². The third kappa shape index (κ3) is 4.40. The highest BCUT2D eigenvalue weighted by molar-refractivity contribution is 5.69. The third-order valence-electron chi connectivity index (χ3n) is 3.56. The van der Waals surface area contributed by atoms with Crippen LogP contribution in [0, 0.1) is 5.82 Å². The second-order valence-corrected chi connectivity index (χ2v) is 5.13. The van der Waals surface area contributed by atoms with Gasteiger partial charge in [-0.15, -0.1) is 0 Å². The van der Waals surface area contributed by atoms with Gasteiger partial charge in [-0.3, -0.25) is 4.79 Å². The van der Waals surface area contributed by atoms with Gasteiger partial charge in [-0.25, -0.2) is 4.39 Å². The summed E-state index contributed by atoms with van der Waals surface area (Å²) in [4.78, 5) is 11.0. The van der Waals surface area contributed by atoms with Crippen molar-refractivity contribution in [3.05, 3.63) is 71.0 Å². The first kappa shape index (κ1) is 16.2. The van der Waals surface area contributed by atoms with Gasteiger partial charge in [0.2, 0.25) is 0 Å². The Morgan fingerprint density at radius 3 is 2.18 bits per heavy atom. The number of hydrogen-bond donors (Lipinski definition) is 1. The van der Waals surface area contributed by atoms with Crippen molar-refractivity contribution < 1.29 is 19.0 Å². The Balaban J connectivity index is 1.96. The SMILES string of the molecule is COC(=O)CCCc1ccc(C(O)c2ccc(F)cc2)cc1. The molecule has 0 saturated carbocycles. The number of hydrogen-bond acceptors (Lipinski definition) is 3. The summed E-state index contributed by atoms with van der Waals surface area (Å²) in [7, 11) is 1.38. The number of carbonyl (C=O) groups is 1. The van der Waals surface area contributed by atoms with Gasteiger partial charge in [0.1, 0.15) is 11.9 Å². The topological polar surface area (TPSA) is 46.5 Å². The number of aliphatic hydroxyl groups excluding tert-OH is 1. The van der Waals surface area contributed by atoms with E-state index in [1.54, 1.807) is 12.1 Å². The van der Waals surface area contributed by atoms with Crippen molar-refractivity contribution in [2.45, 2.75) is 25.4 Å². The summed E-state index contributed by atoms with van der Waals surface area (Å²) in [5, 5.41) is 10.3. The Labute approximate surface area is 129 Å². The van der Waals surface area contributed by atoms with Crippen molar-refractivity contribution in [1.29, 1.82) is 0 Å². The van der Waals surface area contributed by atoms with Crippen LogP contribution in [-0.4, -0.2) is 18.2 Å². The van der Waals surface area contributed by atoms with Crippen molar-refractivity contribution in [3.8, 4) is 0 Å². The molecule has 1 atom stereocenters. The number of aryl methyl sites for hydroxylation is 1. The minimum atomic E-state index is -0.773. The highest BCUT2D eigenvalue weighted by Crippen LogP contribution is 2.22. The molecule has 0 aliphatic rings. The Hall–Kier alpha value is -2.20. The van der Waals surface area contributed by atoms with Crippen molar-refractivity contribution in [3.63, 3.8) is 0 Å². The molecule has 0 radical (unpaired) electrons. The van der Waals surface area contributed by atoms with E-state index in [-0.39, 0.29) is 11.8 Å². The fourth-order valence-corrected chi connectivity index (χ4v) is 2.24. The zero-order chi connectivity index (χ0) is 15.9. The molecule has 0 aromatic heterocycles. The van der Waals surface area contributed by atoms with Crippen LogP contribution >= 0.6 is 0 Å². The molecular formula is C18H19FO3. The average molecular weight is 302 g/mol. The van der Waals surface area contributed by atoms with E-state index in [9.17, 15) is 14.3 Å². The van der Waals surface area contributed by atoms with E-state index < -0.39 is 6.10 Å². The van der Waals surface area contributed by atoms with Gasteiger partial charge in [-0.05, 0) is 41.7 Å². The van der Waals surface area contributed by atoms with Crippen molar-refractivity contribution >= 4 is 5.97 Å². The fraction of sp³-hybridized carbons (Fsp3) is 0.278. The molecule has 0 saturated heterocycles. The number of aliphatic hydroxyl groups is 1. The normalized spacial score (nSPS) is 12.0. The van der Waals surface area contributed by atoms with Crippen LogP contribution in [0.3, 0.4) is 0 Å². The molecule has 2 rings (SSSR count). The molecule has 1 unspecified atom stereocenters. The van der Waals surface area contributed by atoms with Crippen LogP contribution in [0.15, 0.2) is 48.5 Å². The second kappa shape index (κ2) is 7.71. The van der Waals surface area contributed by atoms with E-state index in [0.29, 0.717) is 12.0 Å². The quantitative estimate of drug-likeness (QED) is 0.832. The molecule has 0 amide bonds. The first-order valence-electron chi connectivity index (χ1n) is 7.19. The number of esters is 1. The van der Waals surface area contributed by atoms with E-state index in [4.69, 9.17) is 0 Å². The molecule has 4 heteroatoms. The summed E-state index contributed by atoms with van der Waals surface area (Å²) < 4.78 is 17.5. The molecule has 0 aliphatic carbocycles. The molecule has 22 heavy (non-hydrogen) atoms. The first-order valence-corrected chi connectivity index (χ1v) is 7.19. The van der Waals surface area contributed by atoms with Gasteiger partial charge in [0.25, 0.3) is 0 Å². The third-order valence-corrected chi connectivity index (χ3v) is 3.56. The summed E-state index contributed by atoms with van der Waals surface area (Å²) in [5.74, 6) is -0.528. The van der Waals surface area contributed by atoms with E-state index in [1.165, 1.54) is 19.2 Å². The predicted molar refractivity (Wildman–Crippen MR) is 81.9 cm³/mol. The standard InChI is InChI=1S/C18H19FO3/c1-22-17(20)4-2-3-13-5-7-14(8-6-13)18(21)15-9-11-16(19)12-10-15/h5-12,18,21H,2-4H2,1H3. The number of ether oxygens (including phenoxy) is 1. The largest absolute Gasteiger partial charge is 0.469 e. The molecule has 0 fully saturated rings. The molecule has 0 bridgehead atoms. The number of benzene rings is 2. The van der Waals surface area contributed by atoms with E-state index in [1.807, 2.05) is 24.3 Å². The van der Waals surface area contributed by atoms with Crippen LogP contribution < -0.4 is 0 Å². The minimum Gasteiger partial charge on any atom is -0.469 e. The van der Waals surface area contributed by atoms with Crippen LogP contribution in [0.25, 0.3) is 0 Å². The fourth-order valence-electron chi connectivity index (χ4n) is 2.24. The van der Waals surface area contributed by atoms with Gasteiger partial charge >= 0.3 is 5.97 Å². The first-order chi connectivity index (χ1) is 10.6. The van der Waals surface area contributed by atoms with Crippen molar-refractivity contribution in [1.82, 2.24) is 0 Å². The lowest BCUT2D eigenvalue weighted by Gasteiger charge is -2.12. The number of carbonyl (C=O) groups excluding carboxylic acids is 1. The molecule has 1 N–H and O–H groups in total. The predicted octanol–water partition coefficient (Wildman–Crippen LogP) is 3.40. The zero-order valence-corrected chi connectivity index (χ0v) is 12.5. The molecule has 116 valence electrons. The van der Waals surface area contributed by atoms with Gasteiger partial charge < -0.3 is 9.84 Å². The Morgan fingerprint density at radius 2 is 1.64 bits per heavy atom. The molecule has 3 nitrogen and oxygen atoms in total. The smallest absolute Gasteiger partial charge is 0.305 e. The Morgan fingerprint density at radius 1 is 1.09 bits per heavy atom. The van der Waals surface area contributed by atoms with E-state index in [2.05, 4.69) is 4.74 Å². The second-order valence-electron chi connectivity index (χ2n) is 5.13. The summed E-state index contributed by atoms with van der Waals surface area (Å²) in [6.45, 7) is 0. The molecule has 2 aromatic carbocycles. The van der Waals surface area contributed by atoms with E-state index in [0.717, 1.165) is 24.0 Å². The van der Waals surface area contributed by atoms with Gasteiger partial charge in [0.15, 0.2) is 0 Å². The van der Waals surface area contributed by atoms with Gasteiger partial charge in [0, 0.05) is 6.42 Å². The van der Waals surface area contributed by atoms with Crippen LogP contribution in [-0.2, 0) is 16.0 Å². The maximum atomic E-state index is 12.9. The van der Waals surface area contributed by atoms with Crippen molar-refractivity contribution in [2.24, 2.45) is 0 Å². The molecule has 0 aliphatic heterocycles. The lowest BCUT2D eigenvalue weighted by Crippen LogP contribution is -2.01. The molecular weight excluding hydrogens is 283 g/mol. The summed E-state index contributed by atoms with van der Waals surface area (Å²) in [5.41, 5.74) is 2.50. The Bertz CT molecular complexity index is 605. The highest BCUT2D eigenvalue weighted by Gasteiger charge is 2.10. The summed E-state index contributed by atoms with van der Waals surface area (Å²) in [6.07, 6.45) is 1.13. The van der Waals surface area contributed by atoms with Crippen LogP contribution in [0.2, 0.25) is 0 Å². The Kier molecular flexibility index (Phi) is 5.67. The van der Waals surface area contributed by atoms with Crippen LogP contribution in [0.5, 0.6) is 0 Å².